The maximum atomic E-state index is 13.9. The molecule has 3 rings (SSSR count). The van der Waals surface area contributed by atoms with Gasteiger partial charge in [-0.15, -0.1) is 0 Å². The van der Waals surface area contributed by atoms with Gasteiger partial charge in [0.15, 0.2) is 0 Å². The molecule has 0 saturated heterocycles. The summed E-state index contributed by atoms with van der Waals surface area (Å²) >= 11 is 0. The molecule has 0 heterocycles. The van der Waals surface area contributed by atoms with E-state index in [0.29, 0.717) is 17.0 Å². The first-order chi connectivity index (χ1) is 18.7. The van der Waals surface area contributed by atoms with Crippen LogP contribution in [0.3, 0.4) is 0 Å². The summed E-state index contributed by atoms with van der Waals surface area (Å²) in [5, 5.41) is 2.87. The first kappa shape index (κ1) is 30.6. The second-order valence-electron chi connectivity index (χ2n) is 10.6. The lowest BCUT2D eigenvalue weighted by molar-refractivity contribution is -0.140. The Morgan fingerprint density at radius 3 is 2.05 bits per heavy atom. The fourth-order valence-electron chi connectivity index (χ4n) is 3.96. The number of methoxy groups -OCH3 is 1. The van der Waals surface area contributed by atoms with Crippen molar-refractivity contribution in [2.75, 3.05) is 18.0 Å². The Labute approximate surface area is 235 Å². The maximum absolute atomic E-state index is 13.9. The Morgan fingerprint density at radius 2 is 1.52 bits per heavy atom. The van der Waals surface area contributed by atoms with Gasteiger partial charge in [0, 0.05) is 12.1 Å². The predicted octanol–water partition coefficient (Wildman–Crippen LogP) is 4.67. The van der Waals surface area contributed by atoms with E-state index in [-0.39, 0.29) is 11.4 Å². The van der Waals surface area contributed by atoms with Crippen molar-refractivity contribution in [3.63, 3.8) is 0 Å². The van der Waals surface area contributed by atoms with Gasteiger partial charge >= 0.3 is 0 Å². The summed E-state index contributed by atoms with van der Waals surface area (Å²) in [6.45, 7) is 8.33. The van der Waals surface area contributed by atoms with Gasteiger partial charge in [-0.2, -0.15) is 0 Å². The summed E-state index contributed by atoms with van der Waals surface area (Å²) in [7, 11) is -2.71. The van der Waals surface area contributed by atoms with E-state index in [0.717, 1.165) is 9.87 Å². The number of carbonyl (C=O) groups is 2. The average Bonchev–Trinajstić information content (AvgIpc) is 2.90. The smallest absolute Gasteiger partial charge is 0.264 e. The molecule has 0 aliphatic carbocycles. The number of benzene rings is 3. The Balaban J connectivity index is 2.03. The molecule has 3 aromatic carbocycles. The Bertz CT molecular complexity index is 1420. The number of rotatable bonds is 10. The third-order valence-corrected chi connectivity index (χ3v) is 7.97. The zero-order chi connectivity index (χ0) is 29.7. The molecule has 0 aromatic heterocycles. The van der Waals surface area contributed by atoms with E-state index in [1.807, 2.05) is 27.7 Å². The molecule has 0 bridgehead atoms. The molecule has 0 fully saturated rings. The lowest BCUT2D eigenvalue weighted by Gasteiger charge is -2.33. The molecule has 0 spiro atoms. The van der Waals surface area contributed by atoms with Gasteiger partial charge in [-0.1, -0.05) is 29.8 Å². The number of carbonyl (C=O) groups excluding carboxylic acids is 2. The van der Waals surface area contributed by atoms with E-state index in [1.54, 1.807) is 31.2 Å². The molecule has 0 unspecified atom stereocenters. The summed E-state index contributed by atoms with van der Waals surface area (Å²) in [5.74, 6) is -0.946. The molecule has 0 saturated carbocycles. The Hall–Kier alpha value is -3.92. The van der Waals surface area contributed by atoms with E-state index in [9.17, 15) is 22.4 Å². The van der Waals surface area contributed by atoms with E-state index in [1.165, 1.54) is 60.5 Å². The summed E-state index contributed by atoms with van der Waals surface area (Å²) in [6.07, 6.45) is 0. The Kier molecular flexibility index (Phi) is 9.57. The van der Waals surface area contributed by atoms with Crippen LogP contribution in [-0.2, 0) is 26.2 Å². The molecule has 0 aliphatic rings. The lowest BCUT2D eigenvalue weighted by Crippen LogP contribution is -2.54. The van der Waals surface area contributed by atoms with Crippen molar-refractivity contribution in [3.05, 3.63) is 89.7 Å². The molecule has 8 nitrogen and oxygen atoms in total. The number of halogens is 1. The standard InChI is InChI=1S/C30H36FN3O5S/c1-21-7-13-25(14-8-21)34(40(37,38)27-17-15-26(39-6)16-18-27)20-28(35)33(19-23-9-11-24(31)12-10-23)22(2)29(36)32-30(3,4)5/h7-18,22H,19-20H2,1-6H3,(H,32,36)/t22-/m0/s1. The molecule has 1 N–H and O–H groups in total. The zero-order valence-electron chi connectivity index (χ0n) is 23.6. The topological polar surface area (TPSA) is 96.0 Å². The molecule has 0 radical (unpaired) electrons. The minimum Gasteiger partial charge on any atom is -0.497 e. The number of anilines is 1. The first-order valence-corrected chi connectivity index (χ1v) is 14.2. The van der Waals surface area contributed by atoms with Crippen LogP contribution in [0.25, 0.3) is 0 Å². The maximum Gasteiger partial charge on any atom is 0.264 e. The number of nitrogens with zero attached hydrogens (tertiary/aromatic N) is 2. The van der Waals surface area contributed by atoms with Crippen LogP contribution in [0.4, 0.5) is 10.1 Å². The molecule has 10 heteroatoms. The van der Waals surface area contributed by atoms with Crippen LogP contribution in [-0.4, -0.2) is 50.4 Å². The minimum absolute atomic E-state index is 0.0229. The number of hydrogen-bond acceptors (Lipinski definition) is 5. The molecule has 0 aliphatic heterocycles. The van der Waals surface area contributed by atoms with Crippen LogP contribution in [0, 0.1) is 12.7 Å². The van der Waals surface area contributed by atoms with E-state index in [4.69, 9.17) is 4.74 Å². The summed E-state index contributed by atoms with van der Waals surface area (Å²) in [5.41, 5.74) is 1.25. The van der Waals surface area contributed by atoms with Gasteiger partial charge in [-0.25, -0.2) is 12.8 Å². The van der Waals surface area contributed by atoms with Crippen LogP contribution in [0.15, 0.2) is 77.7 Å². The highest BCUT2D eigenvalue weighted by Gasteiger charge is 2.33. The molecular formula is C30H36FN3O5S. The molecular weight excluding hydrogens is 533 g/mol. The number of hydrogen-bond donors (Lipinski definition) is 1. The van der Waals surface area contributed by atoms with Gasteiger partial charge in [0.2, 0.25) is 11.8 Å². The highest BCUT2D eigenvalue weighted by molar-refractivity contribution is 7.92. The largest absolute Gasteiger partial charge is 0.497 e. The number of sulfonamides is 1. The van der Waals surface area contributed by atoms with Crippen molar-refractivity contribution in [2.45, 2.75) is 57.6 Å². The monoisotopic (exact) mass is 569 g/mol. The number of amides is 2. The third-order valence-electron chi connectivity index (χ3n) is 6.18. The van der Waals surface area contributed by atoms with Crippen molar-refractivity contribution < 1.29 is 27.1 Å². The molecule has 214 valence electrons. The second kappa shape index (κ2) is 12.5. The van der Waals surface area contributed by atoms with Crippen molar-refractivity contribution in [2.24, 2.45) is 0 Å². The molecule has 1 atom stereocenters. The van der Waals surface area contributed by atoms with Gasteiger partial charge < -0.3 is 15.0 Å². The van der Waals surface area contributed by atoms with Gasteiger partial charge in [-0.3, -0.25) is 13.9 Å². The lowest BCUT2D eigenvalue weighted by atomic mass is 10.1. The van der Waals surface area contributed by atoms with E-state index < -0.39 is 45.8 Å². The number of nitrogens with one attached hydrogen (secondary N) is 1. The molecule has 2 amide bonds. The average molecular weight is 570 g/mol. The minimum atomic E-state index is -4.19. The van der Waals surface area contributed by atoms with Crippen molar-refractivity contribution in [1.29, 1.82) is 0 Å². The van der Waals surface area contributed by atoms with E-state index >= 15 is 0 Å². The van der Waals surface area contributed by atoms with E-state index in [2.05, 4.69) is 5.32 Å². The highest BCUT2D eigenvalue weighted by atomic mass is 32.2. The third kappa shape index (κ3) is 7.81. The number of ether oxygens (including phenoxy) is 1. The highest BCUT2D eigenvalue weighted by Crippen LogP contribution is 2.26. The van der Waals surface area contributed by atoms with Crippen LogP contribution < -0.4 is 14.4 Å². The normalized spacial score (nSPS) is 12.4. The fourth-order valence-corrected chi connectivity index (χ4v) is 5.37. The molecule has 40 heavy (non-hydrogen) atoms. The van der Waals surface area contributed by atoms with Gasteiger partial charge in [0.1, 0.15) is 24.2 Å². The number of aryl methyl sites for hydroxylation is 1. The summed E-state index contributed by atoms with van der Waals surface area (Å²) in [6, 6.07) is 17.3. The Morgan fingerprint density at radius 1 is 0.950 bits per heavy atom. The predicted molar refractivity (Wildman–Crippen MR) is 153 cm³/mol. The van der Waals surface area contributed by atoms with Gasteiger partial charge in [-0.05, 0) is 88.7 Å². The van der Waals surface area contributed by atoms with Crippen LogP contribution in [0.1, 0.15) is 38.8 Å². The van der Waals surface area contributed by atoms with Crippen LogP contribution in [0.5, 0.6) is 5.75 Å². The van der Waals surface area contributed by atoms with Crippen LogP contribution >= 0.6 is 0 Å². The van der Waals surface area contributed by atoms with Crippen molar-refractivity contribution in [3.8, 4) is 5.75 Å². The van der Waals surface area contributed by atoms with Gasteiger partial charge in [0.25, 0.3) is 10.0 Å². The summed E-state index contributed by atoms with van der Waals surface area (Å²) in [4.78, 5) is 28.3. The van der Waals surface area contributed by atoms with Crippen molar-refractivity contribution >= 4 is 27.5 Å². The van der Waals surface area contributed by atoms with Crippen molar-refractivity contribution in [1.82, 2.24) is 10.2 Å². The quantitative estimate of drug-likeness (QED) is 0.383. The second-order valence-corrected chi connectivity index (χ2v) is 12.4. The fraction of sp³-hybridized carbons (Fsp3) is 0.333. The van der Waals surface area contributed by atoms with Crippen LogP contribution in [0.2, 0.25) is 0 Å². The van der Waals surface area contributed by atoms with Gasteiger partial charge in [0.05, 0.1) is 17.7 Å². The molecule has 3 aromatic rings. The SMILES string of the molecule is COc1ccc(S(=O)(=O)N(CC(=O)N(Cc2ccc(F)cc2)[C@@H](C)C(=O)NC(C)(C)C)c2ccc(C)cc2)cc1. The first-order valence-electron chi connectivity index (χ1n) is 12.8. The summed E-state index contributed by atoms with van der Waals surface area (Å²) < 4.78 is 47.5. The zero-order valence-corrected chi connectivity index (χ0v) is 24.5.